The molecule has 0 saturated carbocycles. The van der Waals surface area contributed by atoms with Gasteiger partial charge in [-0.3, -0.25) is 15.0 Å². The summed E-state index contributed by atoms with van der Waals surface area (Å²) in [6, 6.07) is 12.8. The summed E-state index contributed by atoms with van der Waals surface area (Å²) in [5, 5.41) is 17.1. The zero-order chi connectivity index (χ0) is 35.0. The second kappa shape index (κ2) is 13.4. The molecule has 4 aromatic rings. The number of methoxy groups -OCH3 is 1. The zero-order valence-corrected chi connectivity index (χ0v) is 27.6. The van der Waals surface area contributed by atoms with Crippen molar-refractivity contribution in [2.45, 2.75) is 58.5 Å². The topological polar surface area (TPSA) is 122 Å². The lowest BCUT2D eigenvalue weighted by Crippen LogP contribution is -2.55. The van der Waals surface area contributed by atoms with Crippen LogP contribution in [0.25, 0.3) is 16.9 Å². The largest absolute Gasteiger partial charge is 0.497 e. The van der Waals surface area contributed by atoms with Gasteiger partial charge in [0.25, 0.3) is 5.91 Å². The fourth-order valence-electron chi connectivity index (χ4n) is 5.99. The summed E-state index contributed by atoms with van der Waals surface area (Å²) < 4.78 is 54.4. The maximum absolute atomic E-state index is 14.4. The van der Waals surface area contributed by atoms with Crippen LogP contribution in [0.4, 0.5) is 23.7 Å². The van der Waals surface area contributed by atoms with Gasteiger partial charge >= 0.3 is 12.3 Å². The number of ether oxygens (including phenoxy) is 2. The summed E-state index contributed by atoms with van der Waals surface area (Å²) in [5.41, 5.74) is -0.260. The van der Waals surface area contributed by atoms with E-state index in [1.54, 1.807) is 68.1 Å². The SMILES string of the molecule is COc1ccc(-c2nc3c(C(=O)N4CCN([C@H](CO)c5cccc(NC(=O)OC(C)(C)C)c5)C[C@H]4C)cnn3c(C(F)(F)F)c2C)cc1. The van der Waals surface area contributed by atoms with E-state index in [0.29, 0.717) is 34.6 Å². The van der Waals surface area contributed by atoms with Crippen molar-refractivity contribution in [1.82, 2.24) is 24.4 Å². The average Bonchev–Trinajstić information content (AvgIpc) is 3.42. The summed E-state index contributed by atoms with van der Waals surface area (Å²) in [6.07, 6.45) is -4.23. The molecule has 256 valence electrons. The first-order chi connectivity index (χ1) is 22.6. The first kappa shape index (κ1) is 34.6. The number of anilines is 1. The van der Waals surface area contributed by atoms with E-state index in [-0.39, 0.29) is 41.7 Å². The number of fused-ring (bicyclic) bond motifs is 1. The fourth-order valence-corrected chi connectivity index (χ4v) is 5.99. The van der Waals surface area contributed by atoms with Crippen LogP contribution in [0.15, 0.2) is 54.7 Å². The Kier molecular flexibility index (Phi) is 9.70. The first-order valence-electron chi connectivity index (χ1n) is 15.5. The van der Waals surface area contributed by atoms with E-state index in [9.17, 15) is 27.9 Å². The molecule has 0 spiro atoms. The lowest BCUT2D eigenvalue weighted by Gasteiger charge is -2.43. The van der Waals surface area contributed by atoms with E-state index >= 15 is 0 Å². The standard InChI is InChI=1S/C34H39F3N6O5/c1-20-18-41(27(19-44)23-8-7-9-24(16-23)39-32(46)48-33(3,4)5)14-15-42(20)31(45)26-17-38-43-29(34(35,36)37)21(2)28(40-30(26)43)22-10-12-25(47-6)13-11-22/h7-13,16-17,20,27,44H,14-15,18-19H2,1-6H3,(H,39,46)/t20-,27-/m1/s1. The third-order valence-electron chi connectivity index (χ3n) is 8.20. The van der Waals surface area contributed by atoms with Crippen LogP contribution < -0.4 is 10.1 Å². The van der Waals surface area contributed by atoms with Crippen molar-refractivity contribution in [3.8, 4) is 17.0 Å². The molecule has 0 bridgehead atoms. The molecular weight excluding hydrogens is 629 g/mol. The number of aromatic nitrogens is 3. The molecule has 2 aromatic carbocycles. The maximum atomic E-state index is 14.4. The lowest BCUT2D eigenvalue weighted by molar-refractivity contribution is -0.143. The van der Waals surface area contributed by atoms with Crippen molar-refractivity contribution in [3.63, 3.8) is 0 Å². The Hall–Kier alpha value is -4.69. The fraction of sp³-hybridized carbons (Fsp3) is 0.412. The van der Waals surface area contributed by atoms with E-state index in [1.807, 2.05) is 17.9 Å². The number of nitrogens with zero attached hydrogens (tertiary/aromatic N) is 5. The van der Waals surface area contributed by atoms with Crippen molar-refractivity contribution in [1.29, 1.82) is 0 Å². The van der Waals surface area contributed by atoms with Crippen molar-refractivity contribution in [3.05, 3.63) is 77.1 Å². The Labute approximate surface area is 276 Å². The molecule has 1 saturated heterocycles. The van der Waals surface area contributed by atoms with Crippen LogP contribution in [-0.2, 0) is 10.9 Å². The van der Waals surface area contributed by atoms with Crippen LogP contribution in [0, 0.1) is 6.92 Å². The number of alkyl halides is 3. The van der Waals surface area contributed by atoms with Crippen LogP contribution in [-0.4, -0.2) is 86.5 Å². The molecule has 1 aliphatic rings. The molecule has 0 unspecified atom stereocenters. The van der Waals surface area contributed by atoms with Crippen LogP contribution in [0.5, 0.6) is 5.75 Å². The highest BCUT2D eigenvalue weighted by Crippen LogP contribution is 2.37. The Morgan fingerprint density at radius 2 is 1.81 bits per heavy atom. The normalized spacial score (nSPS) is 16.5. The Balaban J connectivity index is 1.39. The number of rotatable bonds is 7. The Morgan fingerprint density at radius 1 is 1.10 bits per heavy atom. The lowest BCUT2D eigenvalue weighted by atomic mass is 10.0. The molecule has 2 aromatic heterocycles. The summed E-state index contributed by atoms with van der Waals surface area (Å²) in [4.78, 5) is 34.4. The average molecular weight is 669 g/mol. The number of hydrogen-bond acceptors (Lipinski definition) is 8. The van der Waals surface area contributed by atoms with Crippen molar-refractivity contribution in [2.75, 3.05) is 38.7 Å². The molecule has 5 rings (SSSR count). The molecule has 2 amide bonds. The summed E-state index contributed by atoms with van der Waals surface area (Å²) in [6.45, 7) is 9.25. The van der Waals surface area contributed by atoms with Gasteiger partial charge in [-0.25, -0.2) is 14.3 Å². The molecule has 2 atom stereocenters. The Bertz CT molecular complexity index is 1800. The van der Waals surface area contributed by atoms with Crippen molar-refractivity contribution < 1.29 is 37.3 Å². The number of piperazine rings is 1. The Morgan fingerprint density at radius 3 is 2.42 bits per heavy atom. The highest BCUT2D eigenvalue weighted by atomic mass is 19.4. The molecule has 14 heteroatoms. The van der Waals surface area contributed by atoms with Gasteiger partial charge in [-0.2, -0.15) is 18.3 Å². The quantitative estimate of drug-likeness (QED) is 0.248. The number of nitrogens with one attached hydrogen (secondary N) is 1. The maximum Gasteiger partial charge on any atom is 0.433 e. The molecule has 1 aliphatic heterocycles. The first-order valence-corrected chi connectivity index (χ1v) is 15.5. The van der Waals surface area contributed by atoms with E-state index in [0.717, 1.165) is 11.8 Å². The minimum atomic E-state index is -4.77. The zero-order valence-electron chi connectivity index (χ0n) is 27.6. The van der Waals surface area contributed by atoms with Gasteiger partial charge in [0.2, 0.25) is 0 Å². The van der Waals surface area contributed by atoms with Gasteiger partial charge in [0.1, 0.15) is 16.9 Å². The molecule has 0 aliphatic carbocycles. The van der Waals surface area contributed by atoms with Crippen LogP contribution >= 0.6 is 0 Å². The predicted molar refractivity (Wildman–Crippen MR) is 173 cm³/mol. The van der Waals surface area contributed by atoms with Crippen LogP contribution in [0.3, 0.4) is 0 Å². The minimum absolute atomic E-state index is 0.0461. The van der Waals surface area contributed by atoms with E-state index in [2.05, 4.69) is 15.4 Å². The van der Waals surface area contributed by atoms with Gasteiger partial charge in [-0.1, -0.05) is 12.1 Å². The minimum Gasteiger partial charge on any atom is -0.497 e. The summed E-state index contributed by atoms with van der Waals surface area (Å²) >= 11 is 0. The number of benzene rings is 2. The highest BCUT2D eigenvalue weighted by molar-refractivity contribution is 6.00. The summed E-state index contributed by atoms with van der Waals surface area (Å²) in [7, 11) is 1.49. The highest BCUT2D eigenvalue weighted by Gasteiger charge is 2.40. The van der Waals surface area contributed by atoms with Crippen molar-refractivity contribution in [2.24, 2.45) is 0 Å². The van der Waals surface area contributed by atoms with Crippen LogP contribution in [0.2, 0.25) is 0 Å². The van der Waals surface area contributed by atoms with Gasteiger partial charge in [-0.05, 0) is 76.6 Å². The van der Waals surface area contributed by atoms with Gasteiger partial charge in [-0.15, -0.1) is 0 Å². The number of carbonyl (C=O) groups excluding carboxylic acids is 2. The monoisotopic (exact) mass is 668 g/mol. The molecule has 3 heterocycles. The molecule has 48 heavy (non-hydrogen) atoms. The van der Waals surface area contributed by atoms with Crippen LogP contribution in [0.1, 0.15) is 60.9 Å². The second-order valence-electron chi connectivity index (χ2n) is 12.7. The van der Waals surface area contributed by atoms with Gasteiger partial charge < -0.3 is 19.5 Å². The third kappa shape index (κ3) is 7.24. The summed E-state index contributed by atoms with van der Waals surface area (Å²) in [5.74, 6) is 0.0434. The van der Waals surface area contributed by atoms with E-state index in [4.69, 9.17) is 9.47 Å². The molecule has 2 N–H and O–H groups in total. The number of aliphatic hydroxyl groups is 1. The molecule has 11 nitrogen and oxygen atoms in total. The smallest absolute Gasteiger partial charge is 0.433 e. The van der Waals surface area contributed by atoms with Gasteiger partial charge in [0.05, 0.1) is 31.6 Å². The third-order valence-corrected chi connectivity index (χ3v) is 8.20. The van der Waals surface area contributed by atoms with E-state index < -0.39 is 35.5 Å². The molecule has 1 fully saturated rings. The van der Waals surface area contributed by atoms with Gasteiger partial charge in [0, 0.05) is 42.5 Å². The number of amides is 2. The number of halogens is 3. The molecular formula is C34H39F3N6O5. The van der Waals surface area contributed by atoms with Crippen molar-refractivity contribution >= 4 is 23.3 Å². The number of hydrogen-bond donors (Lipinski definition) is 2. The molecule has 0 radical (unpaired) electrons. The number of aliphatic hydroxyl groups excluding tert-OH is 1. The number of carbonyl (C=O) groups is 2. The van der Waals surface area contributed by atoms with Gasteiger partial charge in [0.15, 0.2) is 11.3 Å². The predicted octanol–water partition coefficient (Wildman–Crippen LogP) is 5.96. The van der Waals surface area contributed by atoms with E-state index in [1.165, 1.54) is 14.0 Å². The second-order valence-corrected chi connectivity index (χ2v) is 12.7.